The van der Waals surface area contributed by atoms with E-state index in [0.717, 1.165) is 12.5 Å². The van der Waals surface area contributed by atoms with E-state index in [1.165, 1.54) is 6.07 Å². The molecule has 1 rings (SSSR count). The minimum Gasteiger partial charge on any atom is -0.475 e. The zero-order valence-electron chi connectivity index (χ0n) is 9.13. The van der Waals surface area contributed by atoms with E-state index in [-0.39, 0.29) is 10.9 Å². The van der Waals surface area contributed by atoms with Crippen LogP contribution in [0.3, 0.4) is 0 Å². The molecule has 0 bridgehead atoms. The summed E-state index contributed by atoms with van der Waals surface area (Å²) in [5.41, 5.74) is 0. The average Bonchev–Trinajstić information content (AvgIpc) is 2.67. The number of hydrogen-bond donors (Lipinski definition) is 1. The van der Waals surface area contributed by atoms with Gasteiger partial charge in [-0.2, -0.15) is 0 Å². The van der Waals surface area contributed by atoms with Crippen molar-refractivity contribution in [3.8, 4) is 0 Å². The molecular weight excluding hydrogens is 232 g/mol. The van der Waals surface area contributed by atoms with Crippen molar-refractivity contribution < 1.29 is 22.7 Å². The van der Waals surface area contributed by atoms with Gasteiger partial charge in [0, 0.05) is 0 Å². The molecule has 0 amide bonds. The molecule has 1 heterocycles. The second kappa shape index (κ2) is 4.69. The maximum Gasteiger partial charge on any atom is 0.371 e. The molecule has 0 spiro atoms. The maximum atomic E-state index is 11.9. The highest BCUT2D eigenvalue weighted by molar-refractivity contribution is 7.91. The fourth-order valence-corrected chi connectivity index (χ4v) is 2.75. The first kappa shape index (κ1) is 12.8. The van der Waals surface area contributed by atoms with Gasteiger partial charge in [-0.1, -0.05) is 13.3 Å². The number of rotatable bonds is 5. The molecule has 1 N–H and O–H groups in total. The van der Waals surface area contributed by atoms with Crippen molar-refractivity contribution in [2.75, 3.05) is 0 Å². The predicted molar refractivity (Wildman–Crippen MR) is 57.2 cm³/mol. The van der Waals surface area contributed by atoms with Gasteiger partial charge in [0.15, 0.2) is 0 Å². The summed E-state index contributed by atoms with van der Waals surface area (Å²) >= 11 is 0. The van der Waals surface area contributed by atoms with Crippen molar-refractivity contribution in [1.82, 2.24) is 0 Å². The van der Waals surface area contributed by atoms with E-state index in [2.05, 4.69) is 0 Å². The van der Waals surface area contributed by atoms with Crippen LogP contribution < -0.4 is 0 Å². The molecule has 0 aliphatic heterocycles. The molecule has 1 aromatic heterocycles. The van der Waals surface area contributed by atoms with E-state index in [4.69, 9.17) is 9.52 Å². The Bertz CT molecular complexity index is 471. The number of furan rings is 1. The van der Waals surface area contributed by atoms with Crippen LogP contribution in [0, 0.1) is 0 Å². The van der Waals surface area contributed by atoms with E-state index >= 15 is 0 Å². The summed E-state index contributed by atoms with van der Waals surface area (Å²) in [6.45, 7) is 3.47. The van der Waals surface area contributed by atoms with E-state index < -0.39 is 21.1 Å². The Labute approximate surface area is 94.0 Å². The minimum absolute atomic E-state index is 0.272. The van der Waals surface area contributed by atoms with E-state index in [1.54, 1.807) is 6.92 Å². The minimum atomic E-state index is -3.54. The Morgan fingerprint density at radius 2 is 2.12 bits per heavy atom. The van der Waals surface area contributed by atoms with E-state index in [1.807, 2.05) is 6.92 Å². The third-order valence-electron chi connectivity index (χ3n) is 2.30. The van der Waals surface area contributed by atoms with Gasteiger partial charge < -0.3 is 9.52 Å². The molecule has 6 heteroatoms. The molecule has 0 radical (unpaired) electrons. The second-order valence-electron chi connectivity index (χ2n) is 3.57. The van der Waals surface area contributed by atoms with Crippen molar-refractivity contribution >= 4 is 15.8 Å². The van der Waals surface area contributed by atoms with Crippen LogP contribution in [0.15, 0.2) is 21.6 Å². The van der Waals surface area contributed by atoms with Gasteiger partial charge in [-0.05, 0) is 25.5 Å². The first-order valence-electron chi connectivity index (χ1n) is 4.96. The lowest BCUT2D eigenvalue weighted by Gasteiger charge is -2.08. The molecular formula is C10H14O5S. The van der Waals surface area contributed by atoms with E-state index in [9.17, 15) is 13.2 Å². The fraction of sp³-hybridized carbons (Fsp3) is 0.500. The standard InChI is InChI=1S/C10H14O5S/c1-3-4-7(2)16(13,14)9-6-5-8(15-9)10(11)12/h5-7H,3-4H2,1-2H3,(H,11,12). The Balaban J connectivity index is 3.03. The quantitative estimate of drug-likeness (QED) is 0.858. The molecule has 1 atom stereocenters. The smallest absolute Gasteiger partial charge is 0.371 e. The van der Waals surface area contributed by atoms with Gasteiger partial charge in [0.2, 0.25) is 20.7 Å². The number of hydrogen-bond acceptors (Lipinski definition) is 4. The maximum absolute atomic E-state index is 11.9. The molecule has 0 aromatic carbocycles. The fourth-order valence-electron chi connectivity index (χ4n) is 1.35. The largest absolute Gasteiger partial charge is 0.475 e. The third-order valence-corrected chi connectivity index (χ3v) is 4.37. The Kier molecular flexibility index (Phi) is 3.74. The third kappa shape index (κ3) is 2.44. The summed E-state index contributed by atoms with van der Waals surface area (Å²) in [6.07, 6.45) is 1.26. The SMILES string of the molecule is CCCC(C)S(=O)(=O)c1ccc(C(=O)O)o1. The summed E-state index contributed by atoms with van der Waals surface area (Å²) in [5.74, 6) is -1.63. The number of carboxylic acid groups (broad SMARTS) is 1. The van der Waals surface area contributed by atoms with Gasteiger partial charge in [-0.25, -0.2) is 13.2 Å². The monoisotopic (exact) mass is 246 g/mol. The molecule has 16 heavy (non-hydrogen) atoms. The molecule has 0 aliphatic rings. The normalized spacial score (nSPS) is 13.6. The highest BCUT2D eigenvalue weighted by Crippen LogP contribution is 2.21. The van der Waals surface area contributed by atoms with Crippen LogP contribution in [-0.4, -0.2) is 24.7 Å². The summed E-state index contributed by atoms with van der Waals surface area (Å²) in [7, 11) is -3.54. The summed E-state index contributed by atoms with van der Waals surface area (Å²) in [4.78, 5) is 10.5. The van der Waals surface area contributed by atoms with Gasteiger partial charge in [0.05, 0.1) is 5.25 Å². The van der Waals surface area contributed by atoms with Gasteiger partial charge in [0.1, 0.15) is 0 Å². The molecule has 1 aromatic rings. The molecule has 5 nitrogen and oxygen atoms in total. The van der Waals surface area contributed by atoms with E-state index in [0.29, 0.717) is 6.42 Å². The van der Waals surface area contributed by atoms with Crippen molar-refractivity contribution in [2.45, 2.75) is 37.0 Å². The van der Waals surface area contributed by atoms with Gasteiger partial charge in [-0.3, -0.25) is 0 Å². The summed E-state index contributed by atoms with van der Waals surface area (Å²) < 4.78 is 28.5. The number of aromatic carboxylic acids is 1. The molecule has 0 saturated heterocycles. The van der Waals surface area contributed by atoms with Crippen molar-refractivity contribution in [1.29, 1.82) is 0 Å². The highest BCUT2D eigenvalue weighted by atomic mass is 32.2. The van der Waals surface area contributed by atoms with Gasteiger partial charge in [0.25, 0.3) is 0 Å². The Morgan fingerprint density at radius 1 is 1.50 bits per heavy atom. The van der Waals surface area contributed by atoms with Crippen LogP contribution in [0.4, 0.5) is 0 Å². The Hall–Kier alpha value is -1.30. The van der Waals surface area contributed by atoms with Crippen LogP contribution >= 0.6 is 0 Å². The van der Waals surface area contributed by atoms with Crippen LogP contribution in [0.5, 0.6) is 0 Å². The molecule has 90 valence electrons. The lowest BCUT2D eigenvalue weighted by atomic mass is 10.3. The van der Waals surface area contributed by atoms with Crippen LogP contribution in [0.2, 0.25) is 0 Å². The van der Waals surface area contributed by atoms with Crippen molar-refractivity contribution in [3.05, 3.63) is 17.9 Å². The van der Waals surface area contributed by atoms with Crippen molar-refractivity contribution in [2.24, 2.45) is 0 Å². The molecule has 0 fully saturated rings. The lowest BCUT2D eigenvalue weighted by molar-refractivity contribution is 0.0656. The zero-order chi connectivity index (χ0) is 12.3. The lowest BCUT2D eigenvalue weighted by Crippen LogP contribution is -2.17. The van der Waals surface area contributed by atoms with Crippen LogP contribution in [0.1, 0.15) is 37.2 Å². The number of carbonyl (C=O) groups is 1. The summed E-state index contributed by atoms with van der Waals surface area (Å²) in [6, 6.07) is 2.33. The first-order valence-corrected chi connectivity index (χ1v) is 6.51. The molecule has 1 unspecified atom stereocenters. The van der Waals surface area contributed by atoms with Gasteiger partial charge in [-0.15, -0.1) is 0 Å². The Morgan fingerprint density at radius 3 is 2.56 bits per heavy atom. The first-order chi connectivity index (χ1) is 7.39. The summed E-state index contributed by atoms with van der Waals surface area (Å²) in [5, 5.41) is 7.78. The second-order valence-corrected chi connectivity index (χ2v) is 5.87. The highest BCUT2D eigenvalue weighted by Gasteiger charge is 2.26. The number of carboxylic acids is 1. The van der Waals surface area contributed by atoms with Gasteiger partial charge >= 0.3 is 5.97 Å². The van der Waals surface area contributed by atoms with Crippen LogP contribution in [-0.2, 0) is 9.84 Å². The molecule has 0 aliphatic carbocycles. The topological polar surface area (TPSA) is 84.6 Å². The molecule has 0 saturated carbocycles. The average molecular weight is 246 g/mol. The van der Waals surface area contributed by atoms with Crippen molar-refractivity contribution in [3.63, 3.8) is 0 Å². The number of sulfone groups is 1. The zero-order valence-corrected chi connectivity index (χ0v) is 9.95. The van der Waals surface area contributed by atoms with Crippen LogP contribution in [0.25, 0.3) is 0 Å². The predicted octanol–water partition coefficient (Wildman–Crippen LogP) is 1.94.